The highest BCUT2D eigenvalue weighted by Gasteiger charge is 2.39. The van der Waals surface area contributed by atoms with E-state index in [4.69, 9.17) is 0 Å². The number of para-hydroxylation sites is 2. The highest BCUT2D eigenvalue weighted by molar-refractivity contribution is 6.12. The lowest BCUT2D eigenvalue weighted by Crippen LogP contribution is -2.12. The van der Waals surface area contributed by atoms with Gasteiger partial charge in [-0.15, -0.1) is 0 Å². The Bertz CT molecular complexity index is 3810. The molecule has 0 radical (unpaired) electrons. The molecule has 8 aromatic carbocycles. The quantitative estimate of drug-likeness (QED) is 0.159. The molecule has 0 atom stereocenters. The second-order valence-corrected chi connectivity index (χ2v) is 15.9. The zero-order valence-electron chi connectivity index (χ0n) is 34.8. The van der Waals surface area contributed by atoms with E-state index in [-0.39, 0.29) is 39.7 Å². The summed E-state index contributed by atoms with van der Waals surface area (Å²) in [6.07, 6.45) is -10.3. The van der Waals surface area contributed by atoms with E-state index in [1.807, 2.05) is 36.4 Å². The Balaban J connectivity index is 1.31. The van der Waals surface area contributed by atoms with E-state index in [2.05, 4.69) is 18.2 Å². The number of nitriles is 5. The summed E-state index contributed by atoms with van der Waals surface area (Å²) >= 11 is 0. The number of nitrogens with zero attached hydrogens (tertiary/aromatic N) is 7. The van der Waals surface area contributed by atoms with Gasteiger partial charge in [-0.25, -0.2) is 0 Å². The molecular weight excluding hydrogens is 873 g/mol. The second-order valence-electron chi connectivity index (χ2n) is 15.9. The summed E-state index contributed by atoms with van der Waals surface area (Å²) < 4.78 is 90.8. The molecule has 0 fully saturated rings. The third kappa shape index (κ3) is 6.81. The molecule has 0 aliphatic heterocycles. The predicted molar refractivity (Wildman–Crippen MR) is 245 cm³/mol. The Morgan fingerprint density at radius 2 is 0.824 bits per heavy atom. The number of fused-ring (bicyclic) bond motifs is 6. The van der Waals surface area contributed by atoms with Crippen molar-refractivity contribution in [2.75, 3.05) is 0 Å². The Hall–Kier alpha value is -9.61. The van der Waals surface area contributed by atoms with Crippen LogP contribution in [0, 0.1) is 56.7 Å². The van der Waals surface area contributed by atoms with Gasteiger partial charge in [-0.3, -0.25) is 0 Å². The van der Waals surface area contributed by atoms with Crippen LogP contribution >= 0.6 is 0 Å². The van der Waals surface area contributed by atoms with E-state index in [1.54, 1.807) is 94.1 Å². The normalized spacial score (nSPS) is 11.6. The summed E-state index contributed by atoms with van der Waals surface area (Å²) in [5, 5.41) is 53.1. The van der Waals surface area contributed by atoms with Crippen molar-refractivity contribution >= 4 is 43.6 Å². The van der Waals surface area contributed by atoms with Crippen LogP contribution in [0.2, 0.25) is 0 Å². The number of halogens is 6. The maximum absolute atomic E-state index is 15.1. The van der Waals surface area contributed by atoms with E-state index in [1.165, 1.54) is 24.3 Å². The van der Waals surface area contributed by atoms with Crippen LogP contribution < -0.4 is 0 Å². The Morgan fingerprint density at radius 3 is 1.25 bits per heavy atom. The first-order valence-electron chi connectivity index (χ1n) is 20.6. The van der Waals surface area contributed by atoms with Gasteiger partial charge in [0, 0.05) is 21.5 Å². The molecular formula is C55H25F6N7. The highest BCUT2D eigenvalue weighted by atomic mass is 19.4. The van der Waals surface area contributed by atoms with Gasteiger partial charge in [0.2, 0.25) is 0 Å². The van der Waals surface area contributed by atoms with Crippen LogP contribution in [-0.4, -0.2) is 9.13 Å². The first kappa shape index (κ1) is 42.3. The van der Waals surface area contributed by atoms with E-state index < -0.39 is 29.0 Å². The summed E-state index contributed by atoms with van der Waals surface area (Å²) in [6, 6.07) is 49.6. The SMILES string of the molecule is N#Cc1ccc(-c2ccc3c(c2)c2ccccc2n3-c2cc(-c3ccc(C(F)(F)F)cc3C(F)(F)F)cc(-n3c4ccccc4c4cc(-c5ccc(C#N)cc5C#N)ccc43)c2C#N)c(C#N)c1. The monoisotopic (exact) mass is 897 g/mol. The van der Waals surface area contributed by atoms with E-state index in [0.717, 1.165) is 6.07 Å². The van der Waals surface area contributed by atoms with Crippen molar-refractivity contribution in [2.45, 2.75) is 12.4 Å². The van der Waals surface area contributed by atoms with Crippen molar-refractivity contribution in [3.63, 3.8) is 0 Å². The zero-order valence-corrected chi connectivity index (χ0v) is 34.8. The number of alkyl halides is 6. The molecule has 0 saturated carbocycles. The van der Waals surface area contributed by atoms with Gasteiger partial charge in [0.05, 0.1) is 91.1 Å². The molecule has 0 N–H and O–H groups in total. The fourth-order valence-electron chi connectivity index (χ4n) is 9.16. The Kier molecular flexibility index (Phi) is 9.85. The average Bonchev–Trinajstić information content (AvgIpc) is 3.86. The number of hydrogen-bond donors (Lipinski definition) is 0. The van der Waals surface area contributed by atoms with Crippen LogP contribution in [0.15, 0.2) is 152 Å². The lowest BCUT2D eigenvalue weighted by molar-refractivity contribution is -0.142. The van der Waals surface area contributed by atoms with Crippen molar-refractivity contribution in [1.29, 1.82) is 26.3 Å². The van der Waals surface area contributed by atoms with Gasteiger partial charge < -0.3 is 9.13 Å². The second kappa shape index (κ2) is 15.8. The molecule has 7 nitrogen and oxygen atoms in total. The predicted octanol–water partition coefficient (Wildman–Crippen LogP) is 14.3. The first-order valence-corrected chi connectivity index (χ1v) is 20.6. The van der Waals surface area contributed by atoms with Gasteiger partial charge in [0.1, 0.15) is 11.6 Å². The van der Waals surface area contributed by atoms with Gasteiger partial charge in [-0.2, -0.15) is 52.7 Å². The molecule has 0 aliphatic carbocycles. The van der Waals surface area contributed by atoms with Crippen molar-refractivity contribution in [3.8, 4) is 75.1 Å². The van der Waals surface area contributed by atoms with Crippen molar-refractivity contribution in [3.05, 3.63) is 191 Å². The molecule has 0 amide bonds. The molecule has 68 heavy (non-hydrogen) atoms. The van der Waals surface area contributed by atoms with Crippen molar-refractivity contribution < 1.29 is 26.3 Å². The lowest BCUT2D eigenvalue weighted by atomic mass is 9.94. The molecule has 2 aromatic heterocycles. The van der Waals surface area contributed by atoms with Crippen molar-refractivity contribution in [1.82, 2.24) is 9.13 Å². The fraction of sp³-hybridized carbons (Fsp3) is 0.0364. The van der Waals surface area contributed by atoms with Crippen LogP contribution in [0.25, 0.3) is 88.4 Å². The number of aromatic nitrogens is 2. The van der Waals surface area contributed by atoms with Gasteiger partial charge in [0.15, 0.2) is 0 Å². The van der Waals surface area contributed by atoms with Gasteiger partial charge >= 0.3 is 12.4 Å². The topological polar surface area (TPSA) is 129 Å². The summed E-state index contributed by atoms with van der Waals surface area (Å²) in [7, 11) is 0. The van der Waals surface area contributed by atoms with Crippen LogP contribution in [-0.2, 0) is 12.4 Å². The highest BCUT2D eigenvalue weighted by Crippen LogP contribution is 2.46. The van der Waals surface area contributed by atoms with E-state index >= 15 is 13.2 Å². The number of benzene rings is 8. The van der Waals surface area contributed by atoms with Crippen LogP contribution in [0.1, 0.15) is 38.9 Å². The van der Waals surface area contributed by atoms with Crippen LogP contribution in [0.5, 0.6) is 0 Å². The fourth-order valence-corrected chi connectivity index (χ4v) is 9.16. The molecule has 10 rings (SSSR count). The van der Waals surface area contributed by atoms with Gasteiger partial charge in [-0.1, -0.05) is 66.7 Å². The third-order valence-electron chi connectivity index (χ3n) is 12.2. The largest absolute Gasteiger partial charge is 0.417 e. The smallest absolute Gasteiger partial charge is 0.308 e. The van der Waals surface area contributed by atoms with Gasteiger partial charge in [-0.05, 0) is 118 Å². The molecule has 322 valence electrons. The minimum Gasteiger partial charge on any atom is -0.308 e. The molecule has 0 unspecified atom stereocenters. The first-order chi connectivity index (χ1) is 32.8. The minimum atomic E-state index is -5.24. The molecule has 13 heteroatoms. The minimum absolute atomic E-state index is 0.0189. The van der Waals surface area contributed by atoms with Crippen LogP contribution in [0.4, 0.5) is 26.3 Å². The summed E-state index contributed by atoms with van der Waals surface area (Å²) in [4.78, 5) is 0. The molecule has 0 bridgehead atoms. The van der Waals surface area contributed by atoms with Gasteiger partial charge in [0.25, 0.3) is 0 Å². The molecule has 10 aromatic rings. The zero-order chi connectivity index (χ0) is 47.6. The van der Waals surface area contributed by atoms with Crippen molar-refractivity contribution in [2.24, 2.45) is 0 Å². The number of rotatable bonds is 5. The van der Waals surface area contributed by atoms with Crippen LogP contribution in [0.3, 0.4) is 0 Å². The van der Waals surface area contributed by atoms with E-state index in [0.29, 0.717) is 83.1 Å². The molecule has 0 spiro atoms. The maximum Gasteiger partial charge on any atom is 0.417 e. The molecule has 0 saturated heterocycles. The molecule has 0 aliphatic rings. The third-order valence-corrected chi connectivity index (χ3v) is 12.2. The summed E-state index contributed by atoms with van der Waals surface area (Å²) in [6.45, 7) is 0. The summed E-state index contributed by atoms with van der Waals surface area (Å²) in [5.74, 6) is 0. The molecule has 2 heterocycles. The Morgan fingerprint density at radius 1 is 0.368 bits per heavy atom. The standard InChI is InChI=1S/C55H25F6N7/c56-54(57,58)38-13-16-41(47(25-38)55(59,60)61)35-23-52(67-48-7-3-1-5-42(48)44-21-33(11-17-50(44)67)39-14-9-31(26-62)19-36(39)28-64)46(30-66)53(24-35)68-49-8-4-2-6-43(49)45-22-34(12-18-51(45)68)40-15-10-32(27-63)20-37(40)29-65/h1-25H. The Labute approximate surface area is 382 Å². The maximum atomic E-state index is 15.1. The van der Waals surface area contributed by atoms with E-state index in [9.17, 15) is 39.5 Å². The summed E-state index contributed by atoms with van der Waals surface area (Å²) in [5.41, 5.74) is 2.17. The number of hydrogen-bond acceptors (Lipinski definition) is 5. The average molecular weight is 898 g/mol. The lowest BCUT2D eigenvalue weighted by Gasteiger charge is -2.21.